The Morgan fingerprint density at radius 2 is 2.35 bits per heavy atom. The molecule has 0 bridgehead atoms. The molecule has 1 amide bonds. The van der Waals surface area contributed by atoms with Crippen molar-refractivity contribution in [1.82, 2.24) is 4.98 Å². The van der Waals surface area contributed by atoms with Crippen LogP contribution in [0.25, 0.3) is 0 Å². The molecule has 0 fully saturated rings. The lowest BCUT2D eigenvalue weighted by Crippen LogP contribution is -2.48. The maximum absolute atomic E-state index is 12.0. The van der Waals surface area contributed by atoms with Gasteiger partial charge < -0.3 is 15.8 Å². The lowest BCUT2D eigenvalue weighted by Gasteiger charge is -2.23. The number of carbonyl (C=O) groups is 1. The summed E-state index contributed by atoms with van der Waals surface area (Å²) in [4.78, 5) is 16.0. The third-order valence-electron chi connectivity index (χ3n) is 2.50. The summed E-state index contributed by atoms with van der Waals surface area (Å²) in [5.74, 6) is 0.152. The van der Waals surface area contributed by atoms with Gasteiger partial charge in [0, 0.05) is 6.20 Å². The third kappa shape index (κ3) is 3.42. The summed E-state index contributed by atoms with van der Waals surface area (Å²) in [6.07, 6.45) is 3.08. The van der Waals surface area contributed by atoms with E-state index in [0.29, 0.717) is 18.0 Å². The van der Waals surface area contributed by atoms with Crippen LogP contribution in [0.4, 0.5) is 5.69 Å². The first-order valence-corrected chi connectivity index (χ1v) is 5.60. The molecule has 1 aromatic rings. The zero-order valence-electron chi connectivity index (χ0n) is 10.5. The molecule has 3 N–H and O–H groups in total. The van der Waals surface area contributed by atoms with Crippen LogP contribution in [0.1, 0.15) is 26.7 Å². The number of aromatic nitrogens is 1. The Kier molecular flexibility index (Phi) is 4.45. The molecule has 1 aromatic heterocycles. The van der Waals surface area contributed by atoms with Gasteiger partial charge in [-0.2, -0.15) is 0 Å². The van der Waals surface area contributed by atoms with Crippen LogP contribution in [0.5, 0.6) is 5.88 Å². The second kappa shape index (κ2) is 5.63. The Labute approximate surface area is 101 Å². The van der Waals surface area contributed by atoms with Gasteiger partial charge in [0.25, 0.3) is 0 Å². The molecule has 94 valence electrons. The van der Waals surface area contributed by atoms with Crippen LogP contribution in [0, 0.1) is 0 Å². The molecule has 1 atom stereocenters. The molecule has 0 spiro atoms. The normalized spacial score (nSPS) is 13.9. The van der Waals surface area contributed by atoms with Crippen molar-refractivity contribution in [3.8, 4) is 5.88 Å². The van der Waals surface area contributed by atoms with Gasteiger partial charge in [0.2, 0.25) is 11.8 Å². The number of anilines is 1. The molecule has 1 rings (SSSR count). The summed E-state index contributed by atoms with van der Waals surface area (Å²) in [6.45, 7) is 3.71. The minimum atomic E-state index is -0.879. The second-order valence-corrected chi connectivity index (χ2v) is 4.18. The van der Waals surface area contributed by atoms with Crippen molar-refractivity contribution in [2.45, 2.75) is 32.2 Å². The van der Waals surface area contributed by atoms with E-state index in [1.54, 1.807) is 25.3 Å². The summed E-state index contributed by atoms with van der Waals surface area (Å²) in [5, 5.41) is 2.74. The van der Waals surface area contributed by atoms with Crippen LogP contribution in [-0.2, 0) is 4.79 Å². The number of nitrogens with one attached hydrogen (secondary N) is 1. The number of nitrogens with zero attached hydrogens (tertiary/aromatic N) is 1. The number of hydrogen-bond acceptors (Lipinski definition) is 4. The highest BCUT2D eigenvalue weighted by molar-refractivity contribution is 5.98. The minimum absolute atomic E-state index is 0.231. The van der Waals surface area contributed by atoms with Crippen LogP contribution in [0.2, 0.25) is 0 Å². The van der Waals surface area contributed by atoms with E-state index in [2.05, 4.69) is 10.3 Å². The largest absolute Gasteiger partial charge is 0.480 e. The van der Waals surface area contributed by atoms with Gasteiger partial charge in [-0.3, -0.25) is 4.79 Å². The van der Waals surface area contributed by atoms with Gasteiger partial charge in [-0.25, -0.2) is 4.98 Å². The molecular weight excluding hydrogens is 218 g/mol. The van der Waals surface area contributed by atoms with Crippen molar-refractivity contribution in [3.05, 3.63) is 18.3 Å². The van der Waals surface area contributed by atoms with Crippen molar-refractivity contribution in [3.63, 3.8) is 0 Å². The molecule has 0 aliphatic rings. The Morgan fingerprint density at radius 1 is 1.65 bits per heavy atom. The zero-order chi connectivity index (χ0) is 12.9. The predicted octanol–water partition coefficient (Wildman–Crippen LogP) is 1.55. The number of nitrogens with two attached hydrogens (primary N) is 1. The first-order chi connectivity index (χ1) is 8.01. The van der Waals surface area contributed by atoms with Crippen molar-refractivity contribution in [2.75, 3.05) is 12.4 Å². The van der Waals surface area contributed by atoms with E-state index in [0.717, 1.165) is 6.42 Å². The number of pyridine rings is 1. The summed E-state index contributed by atoms with van der Waals surface area (Å²) in [5.41, 5.74) is 5.59. The first-order valence-electron chi connectivity index (χ1n) is 5.60. The molecule has 17 heavy (non-hydrogen) atoms. The van der Waals surface area contributed by atoms with E-state index < -0.39 is 5.54 Å². The van der Waals surface area contributed by atoms with E-state index >= 15 is 0 Å². The number of amides is 1. The Balaban J connectivity index is 2.80. The molecule has 1 heterocycles. The van der Waals surface area contributed by atoms with E-state index in [1.165, 1.54) is 7.11 Å². The smallest absolute Gasteiger partial charge is 0.244 e. The molecule has 5 nitrogen and oxygen atoms in total. The van der Waals surface area contributed by atoms with Crippen LogP contribution in [0.15, 0.2) is 18.3 Å². The Bertz CT molecular complexity index is 391. The van der Waals surface area contributed by atoms with Crippen LogP contribution in [-0.4, -0.2) is 23.5 Å². The minimum Gasteiger partial charge on any atom is -0.480 e. The Morgan fingerprint density at radius 3 is 2.94 bits per heavy atom. The maximum Gasteiger partial charge on any atom is 0.244 e. The molecule has 0 aliphatic heterocycles. The molecule has 0 saturated heterocycles. The third-order valence-corrected chi connectivity index (χ3v) is 2.50. The van der Waals surface area contributed by atoms with Gasteiger partial charge in [0.15, 0.2) is 0 Å². The van der Waals surface area contributed by atoms with Crippen LogP contribution >= 0.6 is 0 Å². The topological polar surface area (TPSA) is 77.2 Å². The highest BCUT2D eigenvalue weighted by Gasteiger charge is 2.27. The standard InChI is InChI=1S/C12H19N3O2/c1-4-7-12(2,13)11(16)15-9-6-5-8-14-10(9)17-3/h5-6,8H,4,7,13H2,1-3H3,(H,15,16). The molecule has 0 saturated carbocycles. The number of hydrogen-bond donors (Lipinski definition) is 2. The quantitative estimate of drug-likeness (QED) is 0.814. The predicted molar refractivity (Wildman–Crippen MR) is 66.9 cm³/mol. The number of rotatable bonds is 5. The van der Waals surface area contributed by atoms with Gasteiger partial charge in [-0.05, 0) is 25.5 Å². The Hall–Kier alpha value is -1.62. The SMILES string of the molecule is CCCC(C)(N)C(=O)Nc1cccnc1OC. The fraction of sp³-hybridized carbons (Fsp3) is 0.500. The van der Waals surface area contributed by atoms with Crippen LogP contribution < -0.4 is 15.8 Å². The van der Waals surface area contributed by atoms with E-state index in [1.807, 2.05) is 6.92 Å². The lowest BCUT2D eigenvalue weighted by atomic mass is 9.96. The number of carbonyl (C=O) groups excluding carboxylic acids is 1. The van der Waals surface area contributed by atoms with Crippen molar-refractivity contribution >= 4 is 11.6 Å². The molecule has 0 aromatic carbocycles. The van der Waals surface area contributed by atoms with Crippen molar-refractivity contribution in [1.29, 1.82) is 0 Å². The summed E-state index contributed by atoms with van der Waals surface area (Å²) >= 11 is 0. The van der Waals surface area contributed by atoms with E-state index in [9.17, 15) is 4.79 Å². The average molecular weight is 237 g/mol. The van der Waals surface area contributed by atoms with Gasteiger partial charge in [-0.1, -0.05) is 13.3 Å². The molecule has 1 unspecified atom stereocenters. The van der Waals surface area contributed by atoms with Crippen molar-refractivity contribution < 1.29 is 9.53 Å². The fourth-order valence-electron chi connectivity index (χ4n) is 1.55. The van der Waals surface area contributed by atoms with Crippen LogP contribution in [0.3, 0.4) is 0 Å². The molecule has 0 radical (unpaired) electrons. The summed E-state index contributed by atoms with van der Waals surface area (Å²) in [7, 11) is 1.51. The molecular formula is C12H19N3O2. The first kappa shape index (κ1) is 13.4. The maximum atomic E-state index is 12.0. The summed E-state index contributed by atoms with van der Waals surface area (Å²) < 4.78 is 5.05. The summed E-state index contributed by atoms with van der Waals surface area (Å²) in [6, 6.07) is 3.46. The highest BCUT2D eigenvalue weighted by atomic mass is 16.5. The number of methoxy groups -OCH3 is 1. The van der Waals surface area contributed by atoms with Gasteiger partial charge in [-0.15, -0.1) is 0 Å². The van der Waals surface area contributed by atoms with Gasteiger partial charge >= 0.3 is 0 Å². The highest BCUT2D eigenvalue weighted by Crippen LogP contribution is 2.21. The second-order valence-electron chi connectivity index (χ2n) is 4.18. The molecule has 0 aliphatic carbocycles. The van der Waals surface area contributed by atoms with Crippen molar-refractivity contribution in [2.24, 2.45) is 5.73 Å². The average Bonchev–Trinajstić information content (AvgIpc) is 2.29. The molecule has 5 heteroatoms. The zero-order valence-corrected chi connectivity index (χ0v) is 10.5. The monoisotopic (exact) mass is 237 g/mol. The fourth-order valence-corrected chi connectivity index (χ4v) is 1.55. The number of ether oxygens (including phenoxy) is 1. The van der Waals surface area contributed by atoms with E-state index in [4.69, 9.17) is 10.5 Å². The van der Waals surface area contributed by atoms with E-state index in [-0.39, 0.29) is 5.91 Å². The van der Waals surface area contributed by atoms with Gasteiger partial charge in [0.05, 0.1) is 12.6 Å². The lowest BCUT2D eigenvalue weighted by molar-refractivity contribution is -0.120. The van der Waals surface area contributed by atoms with Gasteiger partial charge in [0.1, 0.15) is 5.69 Å².